The normalized spacial score (nSPS) is 14.5. The van der Waals surface area contributed by atoms with Gasteiger partial charge in [-0.3, -0.25) is 4.40 Å². The van der Waals surface area contributed by atoms with Gasteiger partial charge in [0.05, 0.1) is 24.9 Å². The van der Waals surface area contributed by atoms with Crippen LogP contribution >= 0.6 is 11.6 Å². The van der Waals surface area contributed by atoms with Crippen molar-refractivity contribution in [3.05, 3.63) is 35.6 Å². The smallest absolute Gasteiger partial charge is 0.404 e. The van der Waals surface area contributed by atoms with Gasteiger partial charge < -0.3 is 24.8 Å². The van der Waals surface area contributed by atoms with E-state index in [-0.39, 0.29) is 0 Å². The lowest BCUT2D eigenvalue weighted by molar-refractivity contribution is 0.193. The number of rotatable bonds is 7. The summed E-state index contributed by atoms with van der Waals surface area (Å²) in [6.07, 6.45) is 5.77. The molecular weight excluding hydrogens is 434 g/mol. The fourth-order valence-electron chi connectivity index (χ4n) is 4.06. The van der Waals surface area contributed by atoms with Crippen molar-refractivity contribution in [2.24, 2.45) is 5.92 Å². The standard InChI is InChI=1S/C22H26ClN5O4/c1-31-18-12-19(32-2)16(23)11-15(18)17-13-28-10-6-20(26-21(28)25-17)27-8-4-14(5-9-27)3-7-24-22(29)30/h6,10-14,24H,3-5,7-9H2,1-2H3,(H,29,30). The molecule has 0 atom stereocenters. The van der Waals surface area contributed by atoms with Crippen molar-refractivity contribution in [3.8, 4) is 22.8 Å². The Morgan fingerprint density at radius 3 is 2.66 bits per heavy atom. The second kappa shape index (κ2) is 9.52. The molecule has 170 valence electrons. The molecule has 0 saturated carbocycles. The van der Waals surface area contributed by atoms with Crippen LogP contribution < -0.4 is 19.7 Å². The molecule has 0 aliphatic carbocycles. The van der Waals surface area contributed by atoms with Crippen LogP contribution in [0.1, 0.15) is 19.3 Å². The second-order valence-corrected chi connectivity index (χ2v) is 8.16. The largest absolute Gasteiger partial charge is 0.496 e. The molecule has 32 heavy (non-hydrogen) atoms. The SMILES string of the molecule is COc1cc(OC)c(-c2cn3ccc(N4CCC(CCNC(=O)O)CC4)nc3n2)cc1Cl. The van der Waals surface area contributed by atoms with E-state index < -0.39 is 6.09 Å². The molecule has 1 aromatic carbocycles. The third-order valence-electron chi connectivity index (χ3n) is 5.83. The average Bonchev–Trinajstić information content (AvgIpc) is 3.22. The predicted octanol–water partition coefficient (Wildman–Crippen LogP) is 3.94. The van der Waals surface area contributed by atoms with Crippen LogP contribution in [0.25, 0.3) is 17.0 Å². The number of methoxy groups -OCH3 is 2. The zero-order valence-electron chi connectivity index (χ0n) is 18.0. The molecule has 1 amide bonds. The van der Waals surface area contributed by atoms with Gasteiger partial charge in [-0.25, -0.2) is 9.78 Å². The highest BCUT2D eigenvalue weighted by atomic mass is 35.5. The number of imidazole rings is 1. The minimum absolute atomic E-state index is 0.482. The number of hydrogen-bond donors (Lipinski definition) is 2. The number of benzene rings is 1. The lowest BCUT2D eigenvalue weighted by Crippen LogP contribution is -2.35. The van der Waals surface area contributed by atoms with Gasteiger partial charge in [-0.15, -0.1) is 0 Å². The number of nitrogens with zero attached hydrogens (tertiary/aromatic N) is 4. The van der Waals surface area contributed by atoms with Crippen LogP contribution in [0.3, 0.4) is 0 Å². The number of piperidine rings is 1. The van der Waals surface area contributed by atoms with E-state index in [0.29, 0.717) is 40.5 Å². The fourth-order valence-corrected chi connectivity index (χ4v) is 4.30. The first-order valence-corrected chi connectivity index (χ1v) is 10.9. The van der Waals surface area contributed by atoms with Gasteiger partial charge in [0.15, 0.2) is 0 Å². The summed E-state index contributed by atoms with van der Waals surface area (Å²) in [4.78, 5) is 22.3. The van der Waals surface area contributed by atoms with E-state index >= 15 is 0 Å². The Kier molecular flexibility index (Phi) is 6.55. The number of nitrogens with one attached hydrogen (secondary N) is 1. The first-order chi connectivity index (χ1) is 15.5. The Morgan fingerprint density at radius 2 is 1.97 bits per heavy atom. The van der Waals surface area contributed by atoms with Crippen LogP contribution in [0.2, 0.25) is 5.02 Å². The van der Waals surface area contributed by atoms with Crippen molar-refractivity contribution in [1.82, 2.24) is 19.7 Å². The maximum absolute atomic E-state index is 10.6. The third kappa shape index (κ3) is 4.67. The number of carbonyl (C=O) groups is 1. The summed E-state index contributed by atoms with van der Waals surface area (Å²) in [5, 5.41) is 11.6. The summed E-state index contributed by atoms with van der Waals surface area (Å²) >= 11 is 6.32. The number of carboxylic acid groups (broad SMARTS) is 1. The third-order valence-corrected chi connectivity index (χ3v) is 6.12. The highest BCUT2D eigenvalue weighted by Gasteiger charge is 2.21. The van der Waals surface area contributed by atoms with Gasteiger partial charge in [0, 0.05) is 43.7 Å². The number of hydrogen-bond acceptors (Lipinski definition) is 6. The minimum Gasteiger partial charge on any atom is -0.496 e. The van der Waals surface area contributed by atoms with Crippen LogP contribution in [-0.2, 0) is 0 Å². The molecule has 0 bridgehead atoms. The quantitative estimate of drug-likeness (QED) is 0.551. The molecule has 1 fully saturated rings. The highest BCUT2D eigenvalue weighted by molar-refractivity contribution is 6.32. The van der Waals surface area contributed by atoms with Crippen LogP contribution in [0, 0.1) is 5.92 Å². The lowest BCUT2D eigenvalue weighted by Gasteiger charge is -2.32. The van der Waals surface area contributed by atoms with Crippen LogP contribution in [0.5, 0.6) is 11.5 Å². The van der Waals surface area contributed by atoms with Crippen molar-refractivity contribution in [3.63, 3.8) is 0 Å². The molecule has 3 aromatic rings. The Morgan fingerprint density at radius 1 is 1.22 bits per heavy atom. The molecule has 2 aromatic heterocycles. The molecule has 9 nitrogen and oxygen atoms in total. The summed E-state index contributed by atoms with van der Waals surface area (Å²) in [5.74, 6) is 3.16. The second-order valence-electron chi connectivity index (χ2n) is 7.76. The van der Waals surface area contributed by atoms with Crippen molar-refractivity contribution in [2.75, 3.05) is 38.8 Å². The molecule has 10 heteroatoms. The van der Waals surface area contributed by atoms with Crippen LogP contribution in [0.15, 0.2) is 30.6 Å². The summed E-state index contributed by atoms with van der Waals surface area (Å²) in [7, 11) is 3.16. The van der Waals surface area contributed by atoms with E-state index in [0.717, 1.165) is 43.7 Å². The molecule has 1 saturated heterocycles. The lowest BCUT2D eigenvalue weighted by atomic mass is 9.93. The number of ether oxygens (including phenoxy) is 2. The minimum atomic E-state index is -0.964. The number of anilines is 1. The molecule has 0 spiro atoms. The van der Waals surface area contributed by atoms with Crippen molar-refractivity contribution >= 4 is 29.3 Å². The molecular formula is C22H26ClN5O4. The average molecular weight is 460 g/mol. The molecule has 0 unspecified atom stereocenters. The van der Waals surface area contributed by atoms with Gasteiger partial charge in [-0.1, -0.05) is 11.6 Å². The van der Waals surface area contributed by atoms with Crippen LogP contribution in [0.4, 0.5) is 10.6 Å². The number of aromatic nitrogens is 3. The van der Waals surface area contributed by atoms with Crippen molar-refractivity contribution < 1.29 is 19.4 Å². The van der Waals surface area contributed by atoms with E-state index in [2.05, 4.69) is 10.2 Å². The first kappa shape index (κ1) is 22.0. The predicted molar refractivity (Wildman–Crippen MR) is 122 cm³/mol. The summed E-state index contributed by atoms with van der Waals surface area (Å²) in [6, 6.07) is 5.52. The van der Waals surface area contributed by atoms with Gasteiger partial charge >= 0.3 is 6.09 Å². The summed E-state index contributed by atoms with van der Waals surface area (Å²) < 4.78 is 12.7. The Bertz CT molecular complexity index is 1110. The van der Waals surface area contributed by atoms with Gasteiger partial charge in [0.25, 0.3) is 0 Å². The highest BCUT2D eigenvalue weighted by Crippen LogP contribution is 2.38. The first-order valence-electron chi connectivity index (χ1n) is 10.5. The molecule has 4 rings (SSSR count). The van der Waals surface area contributed by atoms with Gasteiger partial charge in [-0.2, -0.15) is 4.98 Å². The summed E-state index contributed by atoms with van der Waals surface area (Å²) in [5.41, 5.74) is 1.47. The zero-order chi connectivity index (χ0) is 22.7. The molecule has 1 aliphatic rings. The monoisotopic (exact) mass is 459 g/mol. The molecule has 2 N–H and O–H groups in total. The van der Waals surface area contributed by atoms with E-state index in [4.69, 9.17) is 36.1 Å². The van der Waals surface area contributed by atoms with E-state index in [1.165, 1.54) is 0 Å². The van der Waals surface area contributed by atoms with E-state index in [1.807, 2.05) is 22.9 Å². The van der Waals surface area contributed by atoms with E-state index in [9.17, 15) is 4.79 Å². The number of fused-ring (bicyclic) bond motifs is 1. The molecule has 0 radical (unpaired) electrons. The number of amides is 1. The van der Waals surface area contributed by atoms with E-state index in [1.54, 1.807) is 26.4 Å². The van der Waals surface area contributed by atoms with Crippen molar-refractivity contribution in [2.45, 2.75) is 19.3 Å². The zero-order valence-corrected chi connectivity index (χ0v) is 18.8. The Balaban J connectivity index is 1.50. The fraction of sp³-hybridized carbons (Fsp3) is 0.409. The van der Waals surface area contributed by atoms with Crippen LogP contribution in [-0.4, -0.2) is 59.4 Å². The van der Waals surface area contributed by atoms with Gasteiger partial charge in [0.2, 0.25) is 5.78 Å². The van der Waals surface area contributed by atoms with Crippen molar-refractivity contribution in [1.29, 1.82) is 0 Å². The summed E-state index contributed by atoms with van der Waals surface area (Å²) in [6.45, 7) is 2.27. The number of halogens is 1. The maximum atomic E-state index is 10.6. The van der Waals surface area contributed by atoms with Gasteiger partial charge in [0.1, 0.15) is 17.3 Å². The topological polar surface area (TPSA) is 101 Å². The Labute approximate surface area is 190 Å². The molecule has 1 aliphatic heterocycles. The maximum Gasteiger partial charge on any atom is 0.404 e. The van der Waals surface area contributed by atoms with Gasteiger partial charge in [-0.05, 0) is 37.3 Å². The Hall–Kier alpha value is -3.20. The molecule has 3 heterocycles.